The van der Waals surface area contributed by atoms with Gasteiger partial charge in [-0.25, -0.2) is 0 Å². The van der Waals surface area contributed by atoms with E-state index >= 15 is 0 Å². The summed E-state index contributed by atoms with van der Waals surface area (Å²) in [7, 11) is 0. The third-order valence-electron chi connectivity index (χ3n) is 15.1. The second-order valence-corrected chi connectivity index (χ2v) is 39.4. The molecule has 4 nitrogen and oxygen atoms in total. The summed E-state index contributed by atoms with van der Waals surface area (Å²) in [6, 6.07) is 0. The van der Waals surface area contributed by atoms with E-state index in [1.165, 1.54) is 0 Å². The van der Waals surface area contributed by atoms with Crippen molar-refractivity contribution in [2.75, 3.05) is 0 Å². The van der Waals surface area contributed by atoms with E-state index < -0.39 is 28.7 Å². The van der Waals surface area contributed by atoms with E-state index in [-0.39, 0.29) is 7.29 Å². The third kappa shape index (κ3) is 0.142. The summed E-state index contributed by atoms with van der Waals surface area (Å²) in [5.41, 5.74) is 0.500. The Morgan fingerprint density at radius 2 is 1.00 bits per heavy atom. The Morgan fingerprint density at radius 1 is 0.773 bits per heavy atom. The van der Waals surface area contributed by atoms with E-state index in [2.05, 4.69) is 27.7 Å². The van der Waals surface area contributed by atoms with Gasteiger partial charge in [-0.2, -0.15) is 0 Å². The minimum absolute atomic E-state index is 0.188. The van der Waals surface area contributed by atoms with Gasteiger partial charge in [-0.3, -0.25) is 0 Å². The van der Waals surface area contributed by atoms with Gasteiger partial charge in [-0.1, -0.05) is 27.7 Å². The molecule has 0 aromatic carbocycles. The molecule has 0 bridgehead atoms. The van der Waals surface area contributed by atoms with E-state index in [1.807, 2.05) is 0 Å². The van der Waals surface area contributed by atoms with Crippen LogP contribution in [-0.4, -0.2) is 24.8 Å². The third-order valence-corrected chi connectivity index (χ3v) is 66.8. The van der Waals surface area contributed by atoms with E-state index in [0.29, 0.717) is 24.7 Å². The van der Waals surface area contributed by atoms with Crippen molar-refractivity contribution in [1.82, 2.24) is 0 Å². The molecular formula is C15H22FeO4S2. The fourth-order valence-electron chi connectivity index (χ4n) is 17.1. The molecule has 126 valence electrons. The van der Waals surface area contributed by atoms with E-state index in [4.69, 9.17) is 0 Å². The van der Waals surface area contributed by atoms with Gasteiger partial charge in [-0.15, -0.1) is 0 Å². The van der Waals surface area contributed by atoms with Crippen LogP contribution in [0.2, 0.25) is 38.5 Å². The summed E-state index contributed by atoms with van der Waals surface area (Å²) in [6.07, 6.45) is 0. The van der Waals surface area contributed by atoms with Gasteiger partial charge in [0.05, 0.1) is 0 Å². The first-order valence-corrected chi connectivity index (χ1v) is 16.7. The number of hydrogen-bond donors (Lipinski definition) is 2. The van der Waals surface area contributed by atoms with Gasteiger partial charge in [0.2, 0.25) is 0 Å². The van der Waals surface area contributed by atoms with Crippen molar-refractivity contribution in [2.24, 2.45) is 5.41 Å². The molecule has 1 spiro atoms. The van der Waals surface area contributed by atoms with Gasteiger partial charge < -0.3 is 0 Å². The van der Waals surface area contributed by atoms with Crippen LogP contribution in [-0.2, 0) is 28.7 Å². The van der Waals surface area contributed by atoms with Crippen LogP contribution in [0.3, 0.4) is 0 Å². The Labute approximate surface area is 125 Å². The number of rotatable bonds is 2. The van der Waals surface area contributed by atoms with Gasteiger partial charge in [-0.05, 0) is 5.41 Å². The minimum atomic E-state index is -4.00. The van der Waals surface area contributed by atoms with Gasteiger partial charge >= 0.3 is 92.0 Å². The predicted molar refractivity (Wildman–Crippen MR) is 82.1 cm³/mol. The van der Waals surface area contributed by atoms with Crippen molar-refractivity contribution >= 4 is 22.2 Å². The first kappa shape index (κ1) is 11.4. The van der Waals surface area contributed by atoms with Gasteiger partial charge in [0.1, 0.15) is 0 Å². The summed E-state index contributed by atoms with van der Waals surface area (Å²) >= 11 is -3.36. The second-order valence-electron chi connectivity index (χ2n) is 13.1. The molecule has 10 aliphatic heterocycles. The molecule has 0 radical (unpaired) electrons. The Hall–Kier alpha value is 0.739. The average molecular weight is 386 g/mol. The molecule has 10 atom stereocenters. The van der Waals surface area contributed by atoms with Crippen molar-refractivity contribution < 1.29 is 24.0 Å². The van der Waals surface area contributed by atoms with Crippen molar-refractivity contribution in [3.63, 3.8) is 0 Å². The van der Waals surface area contributed by atoms with Crippen molar-refractivity contribution in [3.05, 3.63) is 0 Å². The Balaban J connectivity index is 0.000000163. The first-order chi connectivity index (χ1) is 9.82. The van der Waals surface area contributed by atoms with E-state index in [1.54, 1.807) is 0 Å². The summed E-state index contributed by atoms with van der Waals surface area (Å²) in [6.45, 7) is 4.75. The van der Waals surface area contributed by atoms with Crippen LogP contribution < -0.4 is 0 Å². The molecule has 10 heterocycles. The van der Waals surface area contributed by atoms with E-state index in [9.17, 15) is 17.5 Å². The fourth-order valence-corrected chi connectivity index (χ4v) is 112. The summed E-state index contributed by atoms with van der Waals surface area (Å²) in [5, 5.41) is 0. The quantitative estimate of drug-likeness (QED) is 0.561. The molecule has 7 heteroatoms. The van der Waals surface area contributed by atoms with Crippen molar-refractivity contribution in [2.45, 2.75) is 73.5 Å². The predicted octanol–water partition coefficient (Wildman–Crippen LogP) is 3.69. The first-order valence-electron chi connectivity index (χ1n) is 8.25. The molecule has 22 heavy (non-hydrogen) atoms. The number of hydrogen-bond acceptors (Lipinski definition) is 2. The van der Waals surface area contributed by atoms with E-state index in [0.717, 1.165) is 19.3 Å². The zero-order valence-corrected chi connectivity index (χ0v) is 15.7. The zero-order valence-electron chi connectivity index (χ0n) is 13.0. The Kier molecular flexibility index (Phi) is 0.550. The molecule has 10 unspecified atom stereocenters. The molecule has 10 saturated heterocycles. The summed E-state index contributed by atoms with van der Waals surface area (Å²) < 4.78 is 43.8. The molecular weight excluding hydrogens is 364 g/mol. The fraction of sp³-hybridized carbons (Fsp3) is 1.00. The summed E-state index contributed by atoms with van der Waals surface area (Å²) in [5.74, 6) is 0. The van der Waals surface area contributed by atoms with Crippen LogP contribution in [0.4, 0.5) is 0 Å². The van der Waals surface area contributed by atoms with Gasteiger partial charge in [0.25, 0.3) is 0 Å². The molecule has 0 aromatic rings. The van der Waals surface area contributed by atoms with Gasteiger partial charge in [0, 0.05) is 0 Å². The van der Waals surface area contributed by atoms with Crippen molar-refractivity contribution in [1.29, 1.82) is 0 Å². The van der Waals surface area contributed by atoms with Crippen LogP contribution in [0, 0.1) is 5.41 Å². The standard InChI is InChI=1S/2C5H5O2S.C5H12.Fe/c2*6-8(7)5-3-1-2-4-5;1-5(2,3)4;/h2*1-4H,(H,6,7);1-4H3;. The molecule has 10 fully saturated rings. The molecule has 2 N–H and O–H groups in total. The molecule has 0 aliphatic carbocycles. The van der Waals surface area contributed by atoms with Crippen LogP contribution >= 0.6 is 0 Å². The zero-order chi connectivity index (χ0) is 15.6. The Bertz CT molecular complexity index is 1100. The number of fused-ring (bicyclic) bond motifs is 10. The summed E-state index contributed by atoms with van der Waals surface area (Å²) in [4.78, 5) is 5.52. The Morgan fingerprint density at radius 3 is 1.09 bits per heavy atom. The van der Waals surface area contributed by atoms with Crippen LogP contribution in [0.25, 0.3) is 0 Å². The molecule has 0 aromatic heterocycles. The molecule has 0 saturated carbocycles. The maximum absolute atomic E-state index is 12.1. The molecule has 10 aliphatic rings. The van der Waals surface area contributed by atoms with Crippen LogP contribution in [0.1, 0.15) is 27.7 Å². The molecule has 10 rings (SSSR count). The van der Waals surface area contributed by atoms with Gasteiger partial charge in [0.15, 0.2) is 0 Å². The SMILES string of the molecule is CC(C)(C)C.O=S(O)[C]12[CH]3[CH]4[CH]5[CH]1[Fe]45321678[CH]2[CH]1[CH]6[C]7(S(=O)O)[CH]28. The van der Waals surface area contributed by atoms with Crippen molar-refractivity contribution in [3.8, 4) is 0 Å². The monoisotopic (exact) mass is 386 g/mol. The molecule has 0 amide bonds. The normalized spacial score (nSPS) is 101. The maximum atomic E-state index is 12.1. The van der Waals surface area contributed by atoms with Crippen LogP contribution in [0.15, 0.2) is 0 Å². The average Bonchev–Trinajstić information content (AvgIpc) is 3.30. The topological polar surface area (TPSA) is 74.6 Å². The second kappa shape index (κ2) is 1.06. The van der Waals surface area contributed by atoms with Crippen LogP contribution in [0.5, 0.6) is 0 Å².